The first-order valence-corrected chi connectivity index (χ1v) is 2.28. The molecular weight excluding hydrogens is 92.1 g/mol. The van der Waals surface area contributed by atoms with Crippen molar-refractivity contribution in [3.63, 3.8) is 0 Å². The van der Waals surface area contributed by atoms with Crippen molar-refractivity contribution < 1.29 is 10.2 Å². The smallest absolute Gasteiger partial charge is 0.0539 e. The summed E-state index contributed by atoms with van der Waals surface area (Å²) < 4.78 is 4.94. The van der Waals surface area contributed by atoms with E-state index < -0.39 is 0 Å². The number of hydrogen-bond acceptors (Lipinski definition) is 1. The number of hydrogen-bond donors (Lipinski definition) is 0. The average molecular weight is 104 g/mol. The first kappa shape index (κ1) is 6.92. The molecule has 0 bridgehead atoms. The zero-order valence-corrected chi connectivity index (χ0v) is 4.82. The standard InChI is InChI=1S/C5H10O.H2O/c1-5(2)3-6-4-5;/h3-4H2,1-2H3;1H2. The molecule has 1 aliphatic rings. The predicted molar refractivity (Wildman–Crippen MR) is 28.2 cm³/mol. The van der Waals surface area contributed by atoms with Gasteiger partial charge in [-0.1, -0.05) is 13.8 Å². The monoisotopic (exact) mass is 104 g/mol. The van der Waals surface area contributed by atoms with Gasteiger partial charge in [0.05, 0.1) is 13.2 Å². The van der Waals surface area contributed by atoms with Crippen LogP contribution in [-0.2, 0) is 4.74 Å². The van der Waals surface area contributed by atoms with Crippen molar-refractivity contribution >= 4 is 0 Å². The van der Waals surface area contributed by atoms with Gasteiger partial charge in [-0.15, -0.1) is 0 Å². The molecule has 1 heterocycles. The Morgan fingerprint density at radius 2 is 1.57 bits per heavy atom. The van der Waals surface area contributed by atoms with E-state index >= 15 is 0 Å². The van der Waals surface area contributed by atoms with Gasteiger partial charge in [-0.3, -0.25) is 0 Å². The van der Waals surface area contributed by atoms with Crippen molar-refractivity contribution in [2.75, 3.05) is 13.2 Å². The Hall–Kier alpha value is -0.0800. The Morgan fingerprint density at radius 1 is 1.29 bits per heavy atom. The van der Waals surface area contributed by atoms with Gasteiger partial charge in [-0.25, -0.2) is 0 Å². The van der Waals surface area contributed by atoms with Crippen LogP contribution in [0.25, 0.3) is 0 Å². The van der Waals surface area contributed by atoms with Crippen LogP contribution in [0.1, 0.15) is 13.8 Å². The van der Waals surface area contributed by atoms with Crippen molar-refractivity contribution in [3.8, 4) is 0 Å². The Morgan fingerprint density at radius 3 is 1.57 bits per heavy atom. The predicted octanol–water partition coefficient (Wildman–Crippen LogP) is 0.218. The molecule has 1 aliphatic heterocycles. The third-order valence-corrected chi connectivity index (χ3v) is 0.986. The second-order valence-electron chi connectivity index (χ2n) is 2.66. The van der Waals surface area contributed by atoms with E-state index in [9.17, 15) is 0 Å². The van der Waals surface area contributed by atoms with Gasteiger partial charge in [-0.2, -0.15) is 0 Å². The largest absolute Gasteiger partial charge is 0.412 e. The van der Waals surface area contributed by atoms with Gasteiger partial charge in [0, 0.05) is 5.41 Å². The molecule has 2 N–H and O–H groups in total. The first-order valence-electron chi connectivity index (χ1n) is 2.28. The number of rotatable bonds is 0. The summed E-state index contributed by atoms with van der Waals surface area (Å²) in [5.74, 6) is 0. The van der Waals surface area contributed by atoms with E-state index in [1.54, 1.807) is 0 Å². The van der Waals surface area contributed by atoms with Crippen LogP contribution in [0.3, 0.4) is 0 Å². The van der Waals surface area contributed by atoms with Crippen molar-refractivity contribution in [1.82, 2.24) is 0 Å². The maximum atomic E-state index is 4.94. The van der Waals surface area contributed by atoms with Gasteiger partial charge >= 0.3 is 0 Å². The van der Waals surface area contributed by atoms with E-state index in [1.807, 2.05) is 0 Å². The zero-order valence-electron chi connectivity index (χ0n) is 4.82. The van der Waals surface area contributed by atoms with Gasteiger partial charge in [0.15, 0.2) is 0 Å². The van der Waals surface area contributed by atoms with E-state index in [4.69, 9.17) is 4.74 Å². The van der Waals surface area contributed by atoms with Gasteiger partial charge in [0.1, 0.15) is 0 Å². The van der Waals surface area contributed by atoms with E-state index in [-0.39, 0.29) is 5.48 Å². The SMILES string of the molecule is CC1(C)COC1.O. The summed E-state index contributed by atoms with van der Waals surface area (Å²) in [4.78, 5) is 0. The Labute approximate surface area is 43.8 Å². The molecule has 7 heavy (non-hydrogen) atoms. The first-order chi connectivity index (χ1) is 2.71. The Balaban J connectivity index is 0.000000360. The Bertz CT molecular complexity index is 53.1. The van der Waals surface area contributed by atoms with E-state index in [2.05, 4.69) is 13.8 Å². The molecule has 1 fully saturated rings. The topological polar surface area (TPSA) is 40.7 Å². The molecule has 0 aromatic rings. The third-order valence-electron chi connectivity index (χ3n) is 0.986. The van der Waals surface area contributed by atoms with Gasteiger partial charge in [0.2, 0.25) is 0 Å². The van der Waals surface area contributed by atoms with Gasteiger partial charge in [0.25, 0.3) is 0 Å². The Kier molecular flexibility index (Phi) is 1.78. The second-order valence-corrected chi connectivity index (χ2v) is 2.66. The molecule has 0 atom stereocenters. The average Bonchev–Trinajstić information content (AvgIpc) is 1.32. The molecule has 0 amide bonds. The summed E-state index contributed by atoms with van der Waals surface area (Å²) in [5.41, 5.74) is 0.500. The molecule has 0 saturated carbocycles. The minimum Gasteiger partial charge on any atom is -0.412 e. The summed E-state index contributed by atoms with van der Waals surface area (Å²) in [7, 11) is 0. The lowest BCUT2D eigenvalue weighted by atomic mass is 9.92. The van der Waals surface area contributed by atoms with E-state index in [1.165, 1.54) is 0 Å². The summed E-state index contributed by atoms with van der Waals surface area (Å²) in [6, 6.07) is 0. The molecule has 0 spiro atoms. The zero-order chi connectivity index (χ0) is 4.62. The second kappa shape index (κ2) is 1.80. The van der Waals surface area contributed by atoms with Crippen LogP contribution in [0, 0.1) is 5.41 Å². The van der Waals surface area contributed by atoms with Gasteiger partial charge < -0.3 is 10.2 Å². The summed E-state index contributed by atoms with van der Waals surface area (Å²) in [6.45, 7) is 6.31. The highest BCUT2D eigenvalue weighted by Gasteiger charge is 2.26. The van der Waals surface area contributed by atoms with Crippen molar-refractivity contribution in [2.24, 2.45) is 5.41 Å². The molecule has 0 aromatic carbocycles. The molecule has 0 aliphatic carbocycles. The minimum absolute atomic E-state index is 0. The fraction of sp³-hybridized carbons (Fsp3) is 1.00. The van der Waals surface area contributed by atoms with Crippen LogP contribution in [0.4, 0.5) is 0 Å². The lowest BCUT2D eigenvalue weighted by Crippen LogP contribution is -2.36. The summed E-state index contributed by atoms with van der Waals surface area (Å²) in [5, 5.41) is 0. The molecule has 44 valence electrons. The fourth-order valence-corrected chi connectivity index (χ4v) is 0.510. The molecular formula is C5H12O2. The molecule has 0 unspecified atom stereocenters. The van der Waals surface area contributed by atoms with Crippen molar-refractivity contribution in [1.29, 1.82) is 0 Å². The molecule has 0 aromatic heterocycles. The van der Waals surface area contributed by atoms with Crippen LogP contribution >= 0.6 is 0 Å². The molecule has 1 rings (SSSR count). The number of ether oxygens (including phenoxy) is 1. The lowest BCUT2D eigenvalue weighted by Gasteiger charge is -2.33. The quantitative estimate of drug-likeness (QED) is 0.433. The lowest BCUT2D eigenvalue weighted by molar-refractivity contribution is -0.0892. The molecule has 1 saturated heterocycles. The van der Waals surface area contributed by atoms with E-state index in [0.717, 1.165) is 13.2 Å². The molecule has 2 heteroatoms. The molecule has 0 radical (unpaired) electrons. The normalized spacial score (nSPS) is 24.9. The highest BCUT2D eigenvalue weighted by molar-refractivity contribution is 4.73. The highest BCUT2D eigenvalue weighted by atomic mass is 16.5. The van der Waals surface area contributed by atoms with Crippen molar-refractivity contribution in [2.45, 2.75) is 13.8 Å². The molecule has 2 nitrogen and oxygen atoms in total. The van der Waals surface area contributed by atoms with Gasteiger partial charge in [-0.05, 0) is 0 Å². The fourth-order valence-electron chi connectivity index (χ4n) is 0.510. The van der Waals surface area contributed by atoms with Crippen LogP contribution in [0.15, 0.2) is 0 Å². The maximum Gasteiger partial charge on any atom is 0.0539 e. The third kappa shape index (κ3) is 1.45. The van der Waals surface area contributed by atoms with Crippen LogP contribution in [0.5, 0.6) is 0 Å². The van der Waals surface area contributed by atoms with Crippen LogP contribution in [0.2, 0.25) is 0 Å². The highest BCUT2D eigenvalue weighted by Crippen LogP contribution is 2.24. The minimum atomic E-state index is 0. The maximum absolute atomic E-state index is 4.94. The van der Waals surface area contributed by atoms with Crippen molar-refractivity contribution in [3.05, 3.63) is 0 Å². The summed E-state index contributed by atoms with van der Waals surface area (Å²) in [6.07, 6.45) is 0. The van der Waals surface area contributed by atoms with Crippen LogP contribution < -0.4 is 0 Å². The summed E-state index contributed by atoms with van der Waals surface area (Å²) >= 11 is 0. The van der Waals surface area contributed by atoms with Crippen LogP contribution in [-0.4, -0.2) is 18.7 Å². The van der Waals surface area contributed by atoms with E-state index in [0.29, 0.717) is 5.41 Å².